The number of halogens is 1. The number of hydrogen-bond donors (Lipinski definition) is 1. The van der Waals surface area contributed by atoms with Gasteiger partial charge in [0.05, 0.1) is 24.4 Å². The van der Waals surface area contributed by atoms with Gasteiger partial charge in [-0.05, 0) is 18.2 Å². The van der Waals surface area contributed by atoms with E-state index < -0.39 is 11.4 Å². The number of aromatic nitrogens is 1. The Morgan fingerprint density at radius 3 is 2.95 bits per heavy atom. The van der Waals surface area contributed by atoms with Gasteiger partial charge in [-0.15, -0.1) is 0 Å². The van der Waals surface area contributed by atoms with Crippen molar-refractivity contribution in [3.05, 3.63) is 44.2 Å². The summed E-state index contributed by atoms with van der Waals surface area (Å²) >= 11 is 3.37. The van der Waals surface area contributed by atoms with Crippen molar-refractivity contribution in [2.45, 2.75) is 13.2 Å². The predicted molar refractivity (Wildman–Crippen MR) is 72.5 cm³/mol. The highest BCUT2D eigenvalue weighted by molar-refractivity contribution is 9.10. The van der Waals surface area contributed by atoms with Crippen LogP contribution >= 0.6 is 15.9 Å². The zero-order valence-electron chi connectivity index (χ0n) is 9.85. The molecule has 1 aliphatic rings. The monoisotopic (exact) mass is 323 g/mol. The van der Waals surface area contributed by atoms with Gasteiger partial charge in [0.15, 0.2) is 0 Å². The van der Waals surface area contributed by atoms with Crippen LogP contribution in [0.15, 0.2) is 27.5 Å². The molecule has 0 bridgehead atoms. The van der Waals surface area contributed by atoms with E-state index in [1.54, 1.807) is 12.1 Å². The molecule has 1 aromatic heterocycles. The summed E-state index contributed by atoms with van der Waals surface area (Å²) in [6.07, 6.45) is 0. The topological polar surface area (TPSA) is 68.5 Å². The Labute approximate surface area is 116 Å². The predicted octanol–water partition coefficient (Wildman–Crippen LogP) is 1.99. The fraction of sp³-hybridized carbons (Fsp3) is 0.231. The van der Waals surface area contributed by atoms with Crippen molar-refractivity contribution in [3.8, 4) is 0 Å². The van der Waals surface area contributed by atoms with E-state index in [1.165, 1.54) is 0 Å². The Balaban J connectivity index is 2.51. The lowest BCUT2D eigenvalue weighted by Gasteiger charge is -2.23. The van der Waals surface area contributed by atoms with Crippen LogP contribution in [0.1, 0.15) is 16.1 Å². The molecule has 0 atom stereocenters. The van der Waals surface area contributed by atoms with E-state index in [0.717, 1.165) is 9.99 Å². The molecule has 2 aromatic rings. The molecule has 1 aromatic carbocycles. The number of aromatic carboxylic acids is 1. The summed E-state index contributed by atoms with van der Waals surface area (Å²) in [5.74, 6) is -1.20. The van der Waals surface area contributed by atoms with Crippen LogP contribution in [0.25, 0.3) is 10.9 Å². The first kappa shape index (κ1) is 12.4. The molecule has 19 heavy (non-hydrogen) atoms. The molecule has 0 fully saturated rings. The second kappa shape index (κ2) is 4.47. The average Bonchev–Trinajstić information content (AvgIpc) is 2.38. The molecule has 3 rings (SSSR count). The molecule has 0 spiro atoms. The molecule has 0 amide bonds. The number of nitrogens with zero attached hydrogens (tertiary/aromatic N) is 1. The number of pyridine rings is 1. The van der Waals surface area contributed by atoms with E-state index >= 15 is 0 Å². The highest BCUT2D eigenvalue weighted by Gasteiger charge is 2.24. The third-order valence-corrected chi connectivity index (χ3v) is 3.74. The van der Waals surface area contributed by atoms with Gasteiger partial charge >= 0.3 is 5.97 Å². The normalized spacial score (nSPS) is 14.4. The minimum absolute atomic E-state index is 0.152. The number of carbonyl (C=O) groups is 1. The molecule has 5 nitrogen and oxygen atoms in total. The number of carboxylic acids is 1. The lowest BCUT2D eigenvalue weighted by atomic mass is 10.1. The molecule has 98 valence electrons. The van der Waals surface area contributed by atoms with E-state index in [2.05, 4.69) is 15.9 Å². The Morgan fingerprint density at radius 1 is 1.42 bits per heavy atom. The van der Waals surface area contributed by atoms with Crippen LogP contribution in [0.3, 0.4) is 0 Å². The zero-order chi connectivity index (χ0) is 13.6. The molecule has 1 N–H and O–H groups in total. The van der Waals surface area contributed by atoms with Gasteiger partial charge < -0.3 is 14.4 Å². The van der Waals surface area contributed by atoms with Gasteiger partial charge in [-0.25, -0.2) is 4.79 Å². The molecule has 0 radical (unpaired) electrons. The van der Waals surface area contributed by atoms with Crippen molar-refractivity contribution in [2.24, 2.45) is 0 Å². The highest BCUT2D eigenvalue weighted by atomic mass is 79.9. The van der Waals surface area contributed by atoms with E-state index in [-0.39, 0.29) is 12.2 Å². The van der Waals surface area contributed by atoms with Crippen molar-refractivity contribution in [2.75, 3.05) is 6.61 Å². The van der Waals surface area contributed by atoms with Crippen molar-refractivity contribution < 1.29 is 14.6 Å². The summed E-state index contributed by atoms with van der Waals surface area (Å²) in [7, 11) is 0. The summed E-state index contributed by atoms with van der Waals surface area (Å²) in [6, 6.07) is 5.22. The second-order valence-electron chi connectivity index (χ2n) is 4.32. The lowest BCUT2D eigenvalue weighted by Crippen LogP contribution is -2.28. The van der Waals surface area contributed by atoms with Gasteiger partial charge in [-0.2, -0.15) is 0 Å². The van der Waals surface area contributed by atoms with E-state index in [0.29, 0.717) is 24.2 Å². The number of ether oxygens (including phenoxy) is 1. The van der Waals surface area contributed by atoms with Crippen molar-refractivity contribution >= 4 is 32.8 Å². The molecule has 1 aliphatic heterocycles. The standard InChI is InChI=1S/C13H10BrNO4/c14-7-1-2-8-9(5-7)15-3-4-19-6-10(15)11(12(8)16)13(17)18/h1-2,5H,3-4,6H2,(H,17,18). The van der Waals surface area contributed by atoms with Gasteiger partial charge in [0.1, 0.15) is 5.56 Å². The lowest BCUT2D eigenvalue weighted by molar-refractivity contribution is 0.0654. The Bertz CT molecular complexity index is 750. The van der Waals surface area contributed by atoms with Gasteiger partial charge in [-0.3, -0.25) is 4.79 Å². The first-order valence-electron chi connectivity index (χ1n) is 5.75. The van der Waals surface area contributed by atoms with Crippen LogP contribution in [0.4, 0.5) is 0 Å². The molecule has 2 heterocycles. The summed E-state index contributed by atoms with van der Waals surface area (Å²) < 4.78 is 7.99. The molecular formula is C13H10BrNO4. The summed E-state index contributed by atoms with van der Waals surface area (Å²) in [5, 5.41) is 9.68. The third-order valence-electron chi connectivity index (χ3n) is 3.25. The Morgan fingerprint density at radius 2 is 2.21 bits per heavy atom. The quantitative estimate of drug-likeness (QED) is 0.871. The van der Waals surface area contributed by atoms with Gasteiger partial charge in [-0.1, -0.05) is 15.9 Å². The van der Waals surface area contributed by atoms with Crippen LogP contribution < -0.4 is 5.43 Å². The number of fused-ring (bicyclic) bond motifs is 3. The smallest absolute Gasteiger partial charge is 0.341 e. The fourth-order valence-corrected chi connectivity index (χ4v) is 2.77. The molecule has 0 saturated heterocycles. The number of carboxylic acid groups (broad SMARTS) is 1. The maximum atomic E-state index is 12.3. The van der Waals surface area contributed by atoms with E-state index in [1.807, 2.05) is 10.6 Å². The Kier molecular flexibility index (Phi) is 2.91. The van der Waals surface area contributed by atoms with Crippen LogP contribution in [-0.4, -0.2) is 22.2 Å². The summed E-state index contributed by atoms with van der Waals surface area (Å²) in [5.41, 5.74) is 0.540. The maximum absolute atomic E-state index is 12.3. The average molecular weight is 324 g/mol. The zero-order valence-corrected chi connectivity index (χ0v) is 11.4. The Hall–Kier alpha value is -1.66. The maximum Gasteiger partial charge on any atom is 0.341 e. The van der Waals surface area contributed by atoms with Crippen LogP contribution in [0, 0.1) is 0 Å². The highest BCUT2D eigenvalue weighted by Crippen LogP contribution is 2.23. The van der Waals surface area contributed by atoms with Gasteiger partial charge in [0.2, 0.25) is 5.43 Å². The molecule has 0 unspecified atom stereocenters. The van der Waals surface area contributed by atoms with E-state index in [9.17, 15) is 14.7 Å². The van der Waals surface area contributed by atoms with Crippen molar-refractivity contribution in [1.82, 2.24) is 4.57 Å². The van der Waals surface area contributed by atoms with Crippen molar-refractivity contribution in [3.63, 3.8) is 0 Å². The van der Waals surface area contributed by atoms with Gasteiger partial charge in [0, 0.05) is 16.4 Å². The summed E-state index contributed by atoms with van der Waals surface area (Å²) in [4.78, 5) is 23.6. The van der Waals surface area contributed by atoms with Gasteiger partial charge in [0.25, 0.3) is 0 Å². The SMILES string of the molecule is O=C(O)c1c2n(c3cc(Br)ccc3c1=O)CCOC2. The van der Waals surface area contributed by atoms with Crippen molar-refractivity contribution in [1.29, 1.82) is 0 Å². The minimum atomic E-state index is -1.20. The van der Waals surface area contributed by atoms with Crippen LogP contribution in [0.2, 0.25) is 0 Å². The van der Waals surface area contributed by atoms with Crippen LogP contribution in [0.5, 0.6) is 0 Å². The number of benzene rings is 1. The summed E-state index contributed by atoms with van der Waals surface area (Å²) in [6.45, 7) is 1.21. The molecule has 6 heteroatoms. The third kappa shape index (κ3) is 1.87. The number of hydrogen-bond acceptors (Lipinski definition) is 3. The van der Waals surface area contributed by atoms with Crippen LogP contribution in [-0.2, 0) is 17.9 Å². The largest absolute Gasteiger partial charge is 0.477 e. The first-order chi connectivity index (χ1) is 9.09. The molecule has 0 saturated carbocycles. The molecule has 0 aliphatic carbocycles. The fourth-order valence-electron chi connectivity index (χ4n) is 2.42. The number of rotatable bonds is 1. The first-order valence-corrected chi connectivity index (χ1v) is 6.55. The second-order valence-corrected chi connectivity index (χ2v) is 5.24. The van der Waals surface area contributed by atoms with E-state index in [4.69, 9.17) is 4.74 Å². The minimum Gasteiger partial charge on any atom is -0.477 e. The molecular weight excluding hydrogens is 314 g/mol.